The SMILES string of the molecule is CC(C)(C)OC(=O)N(N)c1ccc(C(N)=O)c(CCSSc2ccccn2)c1. The summed E-state index contributed by atoms with van der Waals surface area (Å²) in [6.45, 7) is 5.28. The average molecular weight is 421 g/mol. The third-order valence-corrected chi connectivity index (χ3v) is 5.73. The van der Waals surface area contributed by atoms with E-state index in [0.29, 0.717) is 17.7 Å². The van der Waals surface area contributed by atoms with Gasteiger partial charge in [0.15, 0.2) is 0 Å². The van der Waals surface area contributed by atoms with Crippen molar-refractivity contribution in [3.8, 4) is 0 Å². The number of carbonyl (C=O) groups excluding carboxylic acids is 2. The van der Waals surface area contributed by atoms with Crippen LogP contribution in [0, 0.1) is 0 Å². The predicted molar refractivity (Wildman–Crippen MR) is 114 cm³/mol. The van der Waals surface area contributed by atoms with E-state index in [0.717, 1.165) is 21.4 Å². The third kappa shape index (κ3) is 6.74. The van der Waals surface area contributed by atoms with Crippen molar-refractivity contribution in [3.63, 3.8) is 0 Å². The molecule has 0 radical (unpaired) electrons. The zero-order valence-electron chi connectivity index (χ0n) is 16.0. The van der Waals surface area contributed by atoms with Gasteiger partial charge in [-0.15, -0.1) is 0 Å². The van der Waals surface area contributed by atoms with Gasteiger partial charge < -0.3 is 10.5 Å². The number of rotatable bonds is 7. The Kier molecular flexibility index (Phi) is 7.73. The lowest BCUT2D eigenvalue weighted by molar-refractivity contribution is 0.0580. The second kappa shape index (κ2) is 9.81. The fourth-order valence-electron chi connectivity index (χ4n) is 2.24. The van der Waals surface area contributed by atoms with Crippen LogP contribution in [0.3, 0.4) is 0 Å². The van der Waals surface area contributed by atoms with Crippen molar-refractivity contribution < 1.29 is 14.3 Å². The zero-order chi connectivity index (χ0) is 20.7. The number of ether oxygens (including phenoxy) is 1. The lowest BCUT2D eigenvalue weighted by Crippen LogP contribution is -2.41. The van der Waals surface area contributed by atoms with Gasteiger partial charge >= 0.3 is 6.09 Å². The van der Waals surface area contributed by atoms with Gasteiger partial charge in [-0.2, -0.15) is 0 Å². The molecule has 7 nitrogen and oxygen atoms in total. The molecule has 9 heteroatoms. The molecule has 2 aromatic rings. The maximum atomic E-state index is 12.2. The number of hydrazine groups is 1. The Morgan fingerprint density at radius 3 is 2.57 bits per heavy atom. The van der Waals surface area contributed by atoms with Gasteiger partial charge in [0.05, 0.1) is 5.69 Å². The Bertz CT molecular complexity index is 826. The van der Waals surface area contributed by atoms with E-state index in [4.69, 9.17) is 16.3 Å². The molecule has 4 N–H and O–H groups in total. The summed E-state index contributed by atoms with van der Waals surface area (Å²) in [5.74, 6) is 6.10. The fraction of sp³-hybridized carbons (Fsp3) is 0.316. The van der Waals surface area contributed by atoms with Gasteiger partial charge in [-0.05, 0) is 73.9 Å². The van der Waals surface area contributed by atoms with Gasteiger partial charge in [0.1, 0.15) is 10.6 Å². The molecule has 28 heavy (non-hydrogen) atoms. The Morgan fingerprint density at radius 2 is 1.96 bits per heavy atom. The molecule has 1 aromatic heterocycles. The van der Waals surface area contributed by atoms with Crippen LogP contribution in [0.5, 0.6) is 0 Å². The summed E-state index contributed by atoms with van der Waals surface area (Å²) >= 11 is 0. The first-order valence-electron chi connectivity index (χ1n) is 8.58. The average Bonchev–Trinajstić information content (AvgIpc) is 2.63. The Morgan fingerprint density at radius 1 is 1.21 bits per heavy atom. The van der Waals surface area contributed by atoms with Crippen molar-refractivity contribution in [1.82, 2.24) is 4.98 Å². The van der Waals surface area contributed by atoms with E-state index in [2.05, 4.69) is 4.98 Å². The Hall–Kier alpha value is -2.23. The molecule has 0 aliphatic rings. The van der Waals surface area contributed by atoms with Gasteiger partial charge in [0.2, 0.25) is 5.91 Å². The summed E-state index contributed by atoms with van der Waals surface area (Å²) < 4.78 is 5.27. The standard InChI is InChI=1S/C19H24N4O3S2/c1-19(2,3)26-18(25)23(21)14-7-8-15(17(20)24)13(12-14)9-11-27-28-16-6-4-5-10-22-16/h4-8,10,12H,9,11,21H2,1-3H3,(H2,20,24). The van der Waals surface area contributed by atoms with Gasteiger partial charge in [0, 0.05) is 17.5 Å². The predicted octanol–water partition coefficient (Wildman–Crippen LogP) is 3.78. The highest BCUT2D eigenvalue weighted by Crippen LogP contribution is 2.30. The summed E-state index contributed by atoms with van der Waals surface area (Å²) in [7, 11) is 3.17. The van der Waals surface area contributed by atoms with Crippen molar-refractivity contribution in [2.24, 2.45) is 11.6 Å². The molecule has 1 aromatic carbocycles. The first-order chi connectivity index (χ1) is 13.2. The van der Waals surface area contributed by atoms with Crippen LogP contribution in [0.2, 0.25) is 0 Å². The molecule has 1 heterocycles. The number of carbonyl (C=O) groups is 2. The van der Waals surface area contributed by atoms with Crippen LogP contribution in [-0.2, 0) is 11.2 Å². The summed E-state index contributed by atoms with van der Waals surface area (Å²) in [4.78, 5) is 28.2. The Balaban J connectivity index is 2.07. The molecule has 0 unspecified atom stereocenters. The minimum absolute atomic E-state index is 0.407. The Labute approximate surface area is 172 Å². The molecule has 0 spiro atoms. The fourth-order valence-corrected chi connectivity index (χ4v) is 4.15. The van der Waals surface area contributed by atoms with Crippen LogP contribution in [0.1, 0.15) is 36.7 Å². The van der Waals surface area contributed by atoms with Crippen molar-refractivity contribution >= 4 is 39.3 Å². The number of aryl methyl sites for hydroxylation is 1. The molecule has 0 fully saturated rings. The van der Waals surface area contributed by atoms with E-state index >= 15 is 0 Å². The first-order valence-corrected chi connectivity index (χ1v) is 10.9. The quantitative estimate of drug-likeness (QED) is 0.230. The number of hydrogen-bond acceptors (Lipinski definition) is 7. The van der Waals surface area contributed by atoms with Crippen molar-refractivity contribution in [3.05, 3.63) is 53.7 Å². The van der Waals surface area contributed by atoms with E-state index in [9.17, 15) is 9.59 Å². The number of aromatic nitrogens is 1. The number of pyridine rings is 1. The number of anilines is 1. The summed E-state index contributed by atoms with van der Waals surface area (Å²) in [6.07, 6.45) is 1.65. The lowest BCUT2D eigenvalue weighted by Gasteiger charge is -2.24. The smallest absolute Gasteiger partial charge is 0.429 e. The summed E-state index contributed by atoms with van der Waals surface area (Å²) in [6, 6.07) is 10.6. The number of nitrogens with zero attached hydrogens (tertiary/aromatic N) is 2. The van der Waals surface area contributed by atoms with Gasteiger partial charge in [-0.3, -0.25) is 4.79 Å². The van der Waals surface area contributed by atoms with Crippen LogP contribution in [0.25, 0.3) is 0 Å². The van der Waals surface area contributed by atoms with E-state index in [1.165, 1.54) is 0 Å². The number of amides is 2. The molecule has 2 rings (SSSR count). The highest BCUT2D eigenvalue weighted by molar-refractivity contribution is 8.76. The van der Waals surface area contributed by atoms with Gasteiger partial charge in [-0.25, -0.2) is 20.6 Å². The van der Waals surface area contributed by atoms with Crippen LogP contribution in [0.15, 0.2) is 47.6 Å². The van der Waals surface area contributed by atoms with Crippen LogP contribution in [0.4, 0.5) is 10.5 Å². The molecule has 0 saturated heterocycles. The summed E-state index contributed by atoms with van der Waals surface area (Å²) in [5, 5.41) is 1.84. The topological polar surface area (TPSA) is 112 Å². The van der Waals surface area contributed by atoms with E-state index < -0.39 is 17.6 Å². The lowest BCUT2D eigenvalue weighted by atomic mass is 10.0. The van der Waals surface area contributed by atoms with Crippen molar-refractivity contribution in [2.75, 3.05) is 10.8 Å². The highest BCUT2D eigenvalue weighted by atomic mass is 33.1. The molecule has 150 valence electrons. The minimum atomic E-state index is -0.676. The van der Waals surface area contributed by atoms with E-state index in [1.54, 1.807) is 66.8 Å². The van der Waals surface area contributed by atoms with Crippen LogP contribution < -0.4 is 16.6 Å². The second-order valence-electron chi connectivity index (χ2n) is 6.88. The monoisotopic (exact) mass is 420 g/mol. The zero-order valence-corrected chi connectivity index (χ0v) is 17.7. The second-order valence-corrected chi connectivity index (χ2v) is 9.32. The number of primary amides is 1. The highest BCUT2D eigenvalue weighted by Gasteiger charge is 2.22. The van der Waals surface area contributed by atoms with Crippen molar-refractivity contribution in [1.29, 1.82) is 0 Å². The molecule has 0 saturated carbocycles. The largest absolute Gasteiger partial charge is 0.442 e. The maximum absolute atomic E-state index is 12.2. The minimum Gasteiger partial charge on any atom is -0.442 e. The van der Waals surface area contributed by atoms with E-state index in [1.807, 2.05) is 18.2 Å². The molecule has 0 aliphatic heterocycles. The van der Waals surface area contributed by atoms with Crippen molar-refractivity contribution in [2.45, 2.75) is 37.8 Å². The third-order valence-electron chi connectivity index (χ3n) is 3.46. The molecule has 0 aliphatic carbocycles. The molecule has 0 atom stereocenters. The molecule has 0 bridgehead atoms. The number of nitrogens with two attached hydrogens (primary N) is 2. The molecule has 2 amide bonds. The summed E-state index contributed by atoms with van der Waals surface area (Å²) in [5.41, 5.74) is 6.37. The normalized spacial score (nSPS) is 11.1. The maximum Gasteiger partial charge on any atom is 0.429 e. The van der Waals surface area contributed by atoms with Crippen LogP contribution >= 0.6 is 21.6 Å². The first kappa shape index (κ1) is 22.1. The van der Waals surface area contributed by atoms with E-state index in [-0.39, 0.29) is 0 Å². The number of hydrogen-bond donors (Lipinski definition) is 2. The number of benzene rings is 1. The van der Waals surface area contributed by atoms with Crippen LogP contribution in [-0.4, -0.2) is 28.3 Å². The molecular formula is C19H24N4O3S2. The van der Waals surface area contributed by atoms with Gasteiger partial charge in [0.25, 0.3) is 0 Å². The van der Waals surface area contributed by atoms with Gasteiger partial charge in [-0.1, -0.05) is 16.9 Å². The molecular weight excluding hydrogens is 396 g/mol.